The lowest BCUT2D eigenvalue weighted by Gasteiger charge is -2.32. The number of benzene rings is 2. The predicted molar refractivity (Wildman–Crippen MR) is 221 cm³/mol. The number of rotatable bonds is 5. The molecule has 12 nitrogen and oxygen atoms in total. The number of hydrogen-bond acceptors (Lipinski definition) is 10. The van der Waals surface area contributed by atoms with Gasteiger partial charge >= 0.3 is 7.12 Å². The van der Waals surface area contributed by atoms with Crippen molar-refractivity contribution in [2.24, 2.45) is 0 Å². The van der Waals surface area contributed by atoms with Crippen LogP contribution in [0, 0.1) is 36.5 Å². The topological polar surface area (TPSA) is 170 Å². The molecule has 0 radical (unpaired) electrons. The Kier molecular flexibility index (Phi) is 12.5. The summed E-state index contributed by atoms with van der Waals surface area (Å²) in [6.45, 7) is 13.2. The number of pyridine rings is 2. The summed E-state index contributed by atoms with van der Waals surface area (Å²) in [5, 5.41) is 20.0. The zero-order valence-corrected chi connectivity index (χ0v) is 36.1. The molecule has 18 heteroatoms. The van der Waals surface area contributed by atoms with Gasteiger partial charge in [0, 0.05) is 27.6 Å². The summed E-state index contributed by atoms with van der Waals surface area (Å²) < 4.78 is 67.4. The normalized spacial score (nSPS) is 14.8. The van der Waals surface area contributed by atoms with Gasteiger partial charge in [-0.1, -0.05) is 35.4 Å². The molecule has 0 saturated carbocycles. The molecule has 1 saturated heterocycles. The Morgan fingerprint density at radius 1 is 0.714 bits per heavy atom. The van der Waals surface area contributed by atoms with Gasteiger partial charge in [-0.25, -0.2) is 34.7 Å². The fraction of sp³-hybridized carbons (Fsp3) is 0.263. The highest BCUT2D eigenvalue weighted by atomic mass is 79.9. The van der Waals surface area contributed by atoms with Crippen LogP contribution in [0.5, 0.6) is 0 Å². The molecule has 0 spiro atoms. The van der Waals surface area contributed by atoms with Gasteiger partial charge < -0.3 is 9.31 Å². The molecule has 0 N–H and O–H groups in total. The second-order valence-electron chi connectivity index (χ2n) is 13.7. The van der Waals surface area contributed by atoms with Crippen molar-refractivity contribution < 1.29 is 26.1 Å². The Hall–Kier alpha value is -4.26. The van der Waals surface area contributed by atoms with Crippen molar-refractivity contribution >= 4 is 93.8 Å². The average Bonchev–Trinajstić information content (AvgIpc) is 3.78. The van der Waals surface area contributed by atoms with Gasteiger partial charge in [0.2, 0.25) is 0 Å². The molecule has 0 bridgehead atoms. The summed E-state index contributed by atoms with van der Waals surface area (Å²) in [6.07, 6.45) is 3.00. The number of alkyl halides is 2. The van der Waals surface area contributed by atoms with Crippen LogP contribution in [0.2, 0.25) is 0 Å². The maximum atomic E-state index is 13.3. The summed E-state index contributed by atoms with van der Waals surface area (Å²) in [4.78, 5) is 8.39. The third-order valence-electron chi connectivity index (χ3n) is 9.16. The lowest BCUT2D eigenvalue weighted by molar-refractivity contribution is 0.00578. The van der Waals surface area contributed by atoms with Crippen LogP contribution in [-0.4, -0.2) is 57.9 Å². The zero-order valence-electron chi connectivity index (χ0n) is 31.3. The first-order valence-corrected chi connectivity index (χ1v) is 21.5. The molecule has 0 atom stereocenters. The molecule has 0 unspecified atom stereocenters. The average molecular weight is 898 g/mol. The molecule has 0 amide bonds. The van der Waals surface area contributed by atoms with Gasteiger partial charge in [0.15, 0.2) is 11.3 Å². The number of aromatic nitrogens is 4. The SMILES string of the molecule is CC(Cl)Cl.Cc1ccc(S(=O)(=O)n2c(C#N)cc3c(B4OC(C)(C)C(C)(C)O4)ccnc32)cc1.Cc1ccc(S(=O)(=O)n2c(C#N)cc3c(Br)ccnc32)cc1. The summed E-state index contributed by atoms with van der Waals surface area (Å²) in [5.74, 6) is 0. The van der Waals surface area contributed by atoms with Crippen LogP contribution in [0.15, 0.2) is 99.5 Å². The van der Waals surface area contributed by atoms with Gasteiger partial charge in [0.1, 0.15) is 28.4 Å². The van der Waals surface area contributed by atoms with Gasteiger partial charge in [-0.3, -0.25) is 0 Å². The molecular formula is C38H36BBrCl2N6O6S2. The van der Waals surface area contributed by atoms with Crippen LogP contribution in [0.25, 0.3) is 22.1 Å². The standard InChI is InChI=1S/C21H22BN3O4S.C15H10BrN3O2S.C2H4Cl2/c1-14-6-8-16(9-7-14)30(26,27)25-15(13-23)12-17-18(10-11-24-19(17)25)22-28-20(2,3)21(4,5)29-22;1-10-2-4-12(5-3-10)22(20,21)19-11(9-17)8-13-14(16)6-7-18-15(13)19;1-2(3)4/h6-12H,1-5H3;2-8H,1H3;2H,1H3. The Labute approximate surface area is 345 Å². The van der Waals surface area contributed by atoms with Crippen molar-refractivity contribution in [1.82, 2.24) is 17.9 Å². The van der Waals surface area contributed by atoms with E-state index in [2.05, 4.69) is 25.9 Å². The van der Waals surface area contributed by atoms with Crippen molar-refractivity contribution in [3.05, 3.63) is 112 Å². The van der Waals surface area contributed by atoms with Crippen LogP contribution in [0.3, 0.4) is 0 Å². The quantitative estimate of drug-likeness (QED) is 0.123. The number of fused-ring (bicyclic) bond motifs is 2. The minimum absolute atomic E-state index is 0.0231. The van der Waals surface area contributed by atoms with E-state index < -0.39 is 38.4 Å². The van der Waals surface area contributed by atoms with Gasteiger partial charge in [-0.15, -0.1) is 23.2 Å². The van der Waals surface area contributed by atoms with Crippen LogP contribution in [0.1, 0.15) is 57.1 Å². The first-order valence-electron chi connectivity index (χ1n) is 16.9. The highest BCUT2D eigenvalue weighted by Crippen LogP contribution is 2.37. The van der Waals surface area contributed by atoms with Crippen LogP contribution in [-0.2, 0) is 29.4 Å². The monoisotopic (exact) mass is 896 g/mol. The Balaban J connectivity index is 0.000000203. The first kappa shape index (κ1) is 42.9. The second kappa shape index (κ2) is 16.3. The van der Waals surface area contributed by atoms with Crippen LogP contribution in [0.4, 0.5) is 0 Å². The first-order chi connectivity index (χ1) is 26.2. The Morgan fingerprint density at radius 2 is 1.09 bits per heavy atom. The molecule has 4 aromatic heterocycles. The molecule has 56 heavy (non-hydrogen) atoms. The summed E-state index contributed by atoms with van der Waals surface area (Å²) in [5.41, 5.74) is 1.81. The fourth-order valence-electron chi connectivity index (χ4n) is 5.59. The molecular weight excluding hydrogens is 862 g/mol. The van der Waals surface area contributed by atoms with Crippen molar-refractivity contribution in [3.8, 4) is 12.1 Å². The largest absolute Gasteiger partial charge is 0.495 e. The minimum atomic E-state index is -4.02. The fourth-order valence-corrected chi connectivity index (χ4v) is 8.83. The molecule has 0 aliphatic carbocycles. The second-order valence-corrected chi connectivity index (χ2v) is 19.7. The van der Waals surface area contributed by atoms with E-state index in [0.717, 1.165) is 19.1 Å². The molecule has 1 fully saturated rings. The van der Waals surface area contributed by atoms with E-state index in [1.54, 1.807) is 43.3 Å². The van der Waals surface area contributed by atoms with E-state index in [9.17, 15) is 27.4 Å². The van der Waals surface area contributed by atoms with Crippen LogP contribution >= 0.6 is 39.1 Å². The van der Waals surface area contributed by atoms with Gasteiger partial charge in [-0.05, 0) is 118 Å². The number of nitrogens with zero attached hydrogens (tertiary/aromatic N) is 6. The van der Waals surface area contributed by atoms with Crippen molar-refractivity contribution in [1.29, 1.82) is 10.5 Å². The number of nitriles is 2. The lowest BCUT2D eigenvalue weighted by Crippen LogP contribution is -2.41. The highest BCUT2D eigenvalue weighted by Gasteiger charge is 2.52. The third kappa shape index (κ3) is 8.38. The number of hydrogen-bond donors (Lipinski definition) is 0. The number of aryl methyl sites for hydroxylation is 2. The molecule has 6 aromatic rings. The molecule has 290 valence electrons. The van der Waals surface area contributed by atoms with Gasteiger partial charge in [0.05, 0.1) is 21.0 Å². The number of halogens is 3. The molecule has 2 aromatic carbocycles. The predicted octanol–water partition coefficient (Wildman–Crippen LogP) is 7.78. The van der Waals surface area contributed by atoms with E-state index >= 15 is 0 Å². The molecule has 1 aliphatic rings. The van der Waals surface area contributed by atoms with Crippen molar-refractivity contribution in [2.45, 2.75) is 74.3 Å². The smallest absolute Gasteiger partial charge is 0.399 e. The van der Waals surface area contributed by atoms with E-state index in [1.165, 1.54) is 48.8 Å². The third-order valence-corrected chi connectivity index (χ3v) is 13.3. The maximum Gasteiger partial charge on any atom is 0.495 e. The van der Waals surface area contributed by atoms with E-state index in [1.807, 2.05) is 53.7 Å². The van der Waals surface area contributed by atoms with Crippen molar-refractivity contribution in [3.63, 3.8) is 0 Å². The van der Waals surface area contributed by atoms with Crippen molar-refractivity contribution in [2.75, 3.05) is 0 Å². The molecule has 1 aliphatic heterocycles. The minimum Gasteiger partial charge on any atom is -0.399 e. The van der Waals surface area contributed by atoms with E-state index in [4.69, 9.17) is 32.5 Å². The van der Waals surface area contributed by atoms with Crippen LogP contribution < -0.4 is 5.46 Å². The Morgan fingerprint density at radius 3 is 1.50 bits per heavy atom. The maximum absolute atomic E-state index is 13.3. The lowest BCUT2D eigenvalue weighted by atomic mass is 9.78. The molecule has 5 heterocycles. The zero-order chi connectivity index (χ0) is 41.4. The summed E-state index contributed by atoms with van der Waals surface area (Å²) in [6, 6.07) is 23.3. The highest BCUT2D eigenvalue weighted by molar-refractivity contribution is 9.10. The summed E-state index contributed by atoms with van der Waals surface area (Å²) >= 11 is 13.4. The molecule has 7 rings (SSSR count). The Bertz CT molecular complexity index is 2720. The van der Waals surface area contributed by atoms with Gasteiger partial charge in [0.25, 0.3) is 20.0 Å². The van der Waals surface area contributed by atoms with Gasteiger partial charge in [-0.2, -0.15) is 10.5 Å². The van der Waals surface area contributed by atoms with E-state index in [0.29, 0.717) is 20.7 Å². The summed E-state index contributed by atoms with van der Waals surface area (Å²) in [7, 11) is -8.61. The van der Waals surface area contributed by atoms with E-state index in [-0.39, 0.29) is 37.3 Å².